The topological polar surface area (TPSA) is 16.3 Å². The molecule has 0 N–H and O–H groups in total. The Labute approximate surface area is 732 Å². The van der Waals surface area contributed by atoms with E-state index in [4.69, 9.17) is 0 Å². The molecular weight excluding hydrogens is 1550 g/mol. The van der Waals surface area contributed by atoms with Crippen molar-refractivity contribution in [3.63, 3.8) is 0 Å². The molecule has 0 atom stereocenters. The number of anilines is 6. The highest BCUT2D eigenvalue weighted by Crippen LogP contribution is 2.60. The smallest absolute Gasteiger partial charge is 0.252 e. The molecule has 21 aromatic carbocycles. The van der Waals surface area contributed by atoms with Crippen molar-refractivity contribution in [3.05, 3.63) is 356 Å². The zero-order valence-corrected chi connectivity index (χ0v) is 72.6. The van der Waals surface area contributed by atoms with E-state index in [1.807, 2.05) is 22.7 Å². The number of fused-ring (bicyclic) bond motifs is 12. The first-order valence-electron chi connectivity index (χ1n) is 44.1. The highest BCUT2D eigenvalue weighted by molar-refractivity contribution is 7.26. The molecule has 0 bridgehead atoms. The van der Waals surface area contributed by atoms with Gasteiger partial charge in [0, 0.05) is 129 Å². The number of benzene rings is 21. The molecule has 125 heavy (non-hydrogen) atoms. The zero-order chi connectivity index (χ0) is 83.3. The molecule has 0 saturated carbocycles. The van der Waals surface area contributed by atoms with E-state index in [0.29, 0.717) is 0 Å². The van der Waals surface area contributed by atoms with Gasteiger partial charge in [0.15, 0.2) is 0 Å². The van der Waals surface area contributed by atoms with Crippen molar-refractivity contribution in [2.45, 2.75) is 78.6 Å². The molecule has 0 radical (unpaired) electrons. The lowest BCUT2D eigenvalue weighted by molar-refractivity contribution is 0.590. The van der Waals surface area contributed by atoms with Crippen LogP contribution in [0.5, 0.6) is 0 Å². The van der Waals surface area contributed by atoms with E-state index in [9.17, 15) is 0 Å². The maximum atomic E-state index is 2.85. The van der Waals surface area contributed by atoms with Crippen LogP contribution in [0.2, 0.25) is 0 Å². The van der Waals surface area contributed by atoms with Gasteiger partial charge in [0.25, 0.3) is 6.71 Å². The third-order valence-corrected chi connectivity index (χ3v) is 31.0. The van der Waals surface area contributed by atoms with Crippen molar-refractivity contribution < 1.29 is 0 Å². The molecule has 0 aliphatic carbocycles. The highest BCUT2D eigenvalue weighted by atomic mass is 32.1. The molecule has 7 heteroatoms. The second-order valence-electron chi connectivity index (χ2n) is 38.5. The van der Waals surface area contributed by atoms with Gasteiger partial charge in [-0.3, -0.25) is 0 Å². The van der Waals surface area contributed by atoms with E-state index in [2.05, 4.69) is 421 Å². The maximum absolute atomic E-state index is 2.85. The van der Waals surface area contributed by atoms with Crippen molar-refractivity contribution >= 4 is 228 Å². The molecule has 0 amide bonds. The number of hydrogen-bond acceptors (Lipinski definition) is 4. The number of thiophene rings is 2. The monoisotopic (exact) mass is 1630 g/mol. The molecule has 0 spiro atoms. The number of aromatic nitrogens is 2. The average Bonchev–Trinajstić information content (AvgIpc) is 0.913. The summed E-state index contributed by atoms with van der Waals surface area (Å²) in [7, 11) is 0. The molecule has 2 aliphatic heterocycles. The van der Waals surface area contributed by atoms with Crippen LogP contribution in [-0.4, -0.2) is 15.8 Å². The lowest BCUT2D eigenvalue weighted by atomic mass is 9.33. The van der Waals surface area contributed by atoms with E-state index in [0.717, 1.165) is 56.6 Å². The van der Waals surface area contributed by atoms with Gasteiger partial charge >= 0.3 is 0 Å². The normalized spacial score (nSPS) is 13.4. The Morgan fingerprint density at radius 1 is 0.240 bits per heavy atom. The fourth-order valence-electron chi connectivity index (χ4n) is 22.7. The quantitative estimate of drug-likeness (QED) is 0.0856. The first-order valence-corrected chi connectivity index (χ1v) is 45.8. The minimum atomic E-state index is -0.396. The first-order chi connectivity index (χ1) is 60.9. The SMILES string of the molecule is CC(C)(C)c1cc(-c2ccccc2)c(N2c3cc(-n4c5ccc6cccc7c8cccc9ccc4c(c98)c5c67)ccc3B3c4ccc(-n5c6ccc7cccc8c9cccc%10ccc5c(c%109)c6c78)cc4N(c4c(-c5cccc6c5sc5ccccc56)cc(C(C)(C)C)cc4-c4cccc5c4sc4ccccc45)c4cc(C(C)(C)C)cc2c43)c(-c2ccccc2)c1. The fourth-order valence-corrected chi connectivity index (χ4v) is 25.2. The van der Waals surface area contributed by atoms with Crippen LogP contribution in [0.1, 0.15) is 79.0 Å². The molecular formula is C118H83BN4S2. The Balaban J connectivity index is 0.839. The van der Waals surface area contributed by atoms with Gasteiger partial charge in [-0.25, -0.2) is 0 Å². The summed E-state index contributed by atoms with van der Waals surface area (Å²) in [4.78, 5) is 5.64. The summed E-state index contributed by atoms with van der Waals surface area (Å²) in [6.07, 6.45) is 0. The Hall–Kier alpha value is -14.1. The first kappa shape index (κ1) is 71.5. The standard InChI is InChI=1S/C118H83BN4S2/c1-116(2,3)72-58-87(66-26-12-10-13-27-66)112(88(59-72)67-28-14-11-15-29-67)122-97-64-75(120-93-54-46-68-30-20-36-79-80-37-21-31-69-47-55-94(120)108(104(69)80)107(93)103(68)79)50-52-91(97)119-92-53-51-76(121-95-56-48-70-32-22-38-81-82-39-23-33-71-49-57-96(121)110(106(71)82)109(95)105(70)81)65-98(92)123(100-63-74(118(7,8)9)62-99(122)111(100)119)113-89(85-42-24-40-83-77-34-16-18-44-101(77)124-114(83)85)60-73(117(4,5)6)61-90(113)86-43-25-41-84-78-35-17-19-45-102(78)125-115(84)86/h10-65H,1-9H3. The Morgan fingerprint density at radius 3 is 0.936 bits per heavy atom. The largest absolute Gasteiger partial charge is 0.310 e. The second kappa shape index (κ2) is 25.3. The van der Waals surface area contributed by atoms with Crippen molar-refractivity contribution in [2.24, 2.45) is 0 Å². The van der Waals surface area contributed by atoms with Gasteiger partial charge in [-0.05, 0) is 222 Å². The summed E-state index contributed by atoms with van der Waals surface area (Å²) in [6.45, 7) is 21.4. The summed E-state index contributed by atoms with van der Waals surface area (Å²) in [6, 6.07) is 133. The van der Waals surface area contributed by atoms with Gasteiger partial charge in [0.2, 0.25) is 0 Å². The van der Waals surface area contributed by atoms with E-state index < -0.39 is 5.41 Å². The van der Waals surface area contributed by atoms with Gasteiger partial charge in [-0.15, -0.1) is 22.7 Å². The van der Waals surface area contributed by atoms with E-state index >= 15 is 0 Å². The van der Waals surface area contributed by atoms with Crippen LogP contribution in [0.4, 0.5) is 34.1 Å². The molecule has 4 nitrogen and oxygen atoms in total. The number of nitrogens with zero attached hydrogens (tertiary/aromatic N) is 4. The molecule has 2 aliphatic rings. The Morgan fingerprint density at radius 2 is 0.560 bits per heavy atom. The summed E-state index contributed by atoms with van der Waals surface area (Å²) >= 11 is 3.85. The molecule has 0 fully saturated rings. The molecule has 4 aromatic heterocycles. The zero-order valence-electron chi connectivity index (χ0n) is 71.0. The predicted octanol–water partition coefficient (Wildman–Crippen LogP) is 31.9. The second-order valence-corrected chi connectivity index (χ2v) is 40.6. The van der Waals surface area contributed by atoms with Crippen molar-refractivity contribution in [1.29, 1.82) is 0 Å². The summed E-state index contributed by atoms with van der Waals surface area (Å²) < 4.78 is 10.4. The van der Waals surface area contributed by atoms with Crippen LogP contribution in [0.15, 0.2) is 340 Å². The van der Waals surface area contributed by atoms with Gasteiger partial charge < -0.3 is 18.9 Å². The van der Waals surface area contributed by atoms with Crippen molar-refractivity contribution in [1.82, 2.24) is 9.13 Å². The van der Waals surface area contributed by atoms with Crippen LogP contribution in [-0.2, 0) is 16.2 Å². The molecule has 0 saturated heterocycles. The third kappa shape index (κ3) is 9.88. The Kier molecular flexibility index (Phi) is 14.5. The summed E-state index contributed by atoms with van der Waals surface area (Å²) in [5.41, 5.74) is 30.0. The van der Waals surface area contributed by atoms with Crippen LogP contribution in [0, 0.1) is 0 Å². The van der Waals surface area contributed by atoms with E-state index in [1.54, 1.807) is 0 Å². The van der Waals surface area contributed by atoms with Crippen molar-refractivity contribution in [2.75, 3.05) is 9.80 Å². The van der Waals surface area contributed by atoms with E-state index in [-0.39, 0.29) is 17.5 Å². The van der Waals surface area contributed by atoms with Crippen LogP contribution in [0.25, 0.3) is 204 Å². The maximum Gasteiger partial charge on any atom is 0.252 e. The van der Waals surface area contributed by atoms with Gasteiger partial charge in [0.05, 0.1) is 33.4 Å². The minimum absolute atomic E-state index is 0.229. The summed E-state index contributed by atoms with van der Waals surface area (Å²) in [5, 5.41) is 25.9. The van der Waals surface area contributed by atoms with Gasteiger partial charge in [-0.2, -0.15) is 0 Å². The highest BCUT2D eigenvalue weighted by Gasteiger charge is 2.47. The number of rotatable bonds is 8. The molecule has 6 heterocycles. The summed E-state index contributed by atoms with van der Waals surface area (Å²) in [5.74, 6) is 0. The van der Waals surface area contributed by atoms with Crippen LogP contribution >= 0.6 is 22.7 Å². The average molecular weight is 1630 g/mol. The predicted molar refractivity (Wildman–Crippen MR) is 543 cm³/mol. The van der Waals surface area contributed by atoms with Gasteiger partial charge in [0.1, 0.15) is 0 Å². The van der Waals surface area contributed by atoms with E-state index in [1.165, 1.54) is 215 Å². The molecule has 27 rings (SSSR count). The minimum Gasteiger partial charge on any atom is -0.310 e. The van der Waals surface area contributed by atoms with Crippen LogP contribution < -0.4 is 26.2 Å². The third-order valence-electron chi connectivity index (χ3n) is 28.5. The van der Waals surface area contributed by atoms with Gasteiger partial charge in [-0.1, -0.05) is 305 Å². The fraction of sp³-hybridized carbons (Fsp3) is 0.102. The molecule has 590 valence electrons. The van der Waals surface area contributed by atoms with Crippen molar-refractivity contribution in [3.8, 4) is 55.9 Å². The van der Waals surface area contributed by atoms with Crippen LogP contribution in [0.3, 0.4) is 0 Å². The Bertz CT molecular complexity index is 8540. The molecule has 25 aromatic rings. The lowest BCUT2D eigenvalue weighted by Gasteiger charge is -2.47. The molecule has 0 unspecified atom stereocenters. The number of hydrogen-bond donors (Lipinski definition) is 0. The lowest BCUT2D eigenvalue weighted by Crippen LogP contribution is -2.61.